The summed E-state index contributed by atoms with van der Waals surface area (Å²) in [4.78, 5) is 11.5. The Balaban J connectivity index is 1.37. The van der Waals surface area contributed by atoms with Crippen LogP contribution in [0.1, 0.15) is 54.4 Å². The van der Waals surface area contributed by atoms with Crippen LogP contribution in [0.15, 0.2) is 48.5 Å². The molecule has 0 aliphatic heterocycles. The molecule has 2 aromatic rings. The van der Waals surface area contributed by atoms with Gasteiger partial charge in [0.1, 0.15) is 0 Å². The number of carboxylic acid groups (broad SMARTS) is 1. The first-order valence-electron chi connectivity index (χ1n) is 10.3. The van der Waals surface area contributed by atoms with Crippen molar-refractivity contribution in [2.24, 2.45) is 23.2 Å². The van der Waals surface area contributed by atoms with Gasteiger partial charge in [0.15, 0.2) is 0 Å². The minimum absolute atomic E-state index is 0.309. The summed E-state index contributed by atoms with van der Waals surface area (Å²) in [5.41, 5.74) is 3.84. The molecule has 0 spiro atoms. The molecular formula is C24H27NO2. The van der Waals surface area contributed by atoms with E-state index in [1.165, 1.54) is 50.5 Å². The SMILES string of the molecule is O=C(O)c1ccccc1Nc1cccc(CC23CC4CC(CC(C4)C2)C3)c1. The van der Waals surface area contributed by atoms with E-state index in [9.17, 15) is 9.90 Å². The van der Waals surface area contributed by atoms with E-state index in [1.54, 1.807) is 12.1 Å². The highest BCUT2D eigenvalue weighted by Gasteiger charge is 2.50. The molecule has 27 heavy (non-hydrogen) atoms. The van der Waals surface area contributed by atoms with Crippen molar-refractivity contribution in [2.75, 3.05) is 5.32 Å². The zero-order valence-corrected chi connectivity index (χ0v) is 15.7. The van der Waals surface area contributed by atoms with Gasteiger partial charge in [-0.3, -0.25) is 0 Å². The quantitative estimate of drug-likeness (QED) is 0.698. The monoisotopic (exact) mass is 361 g/mol. The van der Waals surface area contributed by atoms with E-state index in [-0.39, 0.29) is 0 Å². The van der Waals surface area contributed by atoms with Crippen LogP contribution in [0.25, 0.3) is 0 Å². The highest BCUT2D eigenvalue weighted by molar-refractivity contribution is 5.95. The molecular weight excluding hydrogens is 334 g/mol. The van der Waals surface area contributed by atoms with Crippen molar-refractivity contribution in [1.82, 2.24) is 0 Å². The smallest absolute Gasteiger partial charge is 0.337 e. The van der Waals surface area contributed by atoms with Crippen molar-refractivity contribution in [3.05, 3.63) is 59.7 Å². The lowest BCUT2D eigenvalue weighted by Gasteiger charge is -2.57. The van der Waals surface area contributed by atoms with E-state index in [4.69, 9.17) is 0 Å². The van der Waals surface area contributed by atoms with E-state index in [0.29, 0.717) is 16.7 Å². The highest BCUT2D eigenvalue weighted by Crippen LogP contribution is 2.61. The number of benzene rings is 2. The first-order chi connectivity index (χ1) is 13.1. The van der Waals surface area contributed by atoms with Crippen molar-refractivity contribution < 1.29 is 9.90 Å². The van der Waals surface area contributed by atoms with E-state index in [0.717, 1.165) is 23.4 Å². The fourth-order valence-electron chi connectivity index (χ4n) is 6.63. The Kier molecular flexibility index (Phi) is 3.99. The standard InChI is InChI=1S/C24H27NO2/c26-23(27)21-6-1-2-7-22(21)25-20-5-3-4-16(11-20)12-24-13-17-8-18(14-24)10-19(9-17)15-24/h1-7,11,17-19,25H,8-10,12-15H2,(H,26,27). The van der Waals surface area contributed by atoms with Gasteiger partial charge < -0.3 is 10.4 Å². The van der Waals surface area contributed by atoms with Crippen molar-refractivity contribution in [2.45, 2.75) is 44.9 Å². The third-order valence-corrected chi connectivity index (χ3v) is 7.11. The summed E-state index contributed by atoms with van der Waals surface area (Å²) in [6.07, 6.45) is 9.86. The molecule has 4 aliphatic rings. The summed E-state index contributed by atoms with van der Waals surface area (Å²) in [7, 11) is 0. The zero-order chi connectivity index (χ0) is 18.4. The molecule has 4 saturated carbocycles. The molecule has 140 valence electrons. The third-order valence-electron chi connectivity index (χ3n) is 7.11. The lowest BCUT2D eigenvalue weighted by atomic mass is 9.48. The van der Waals surface area contributed by atoms with Crippen LogP contribution in [0, 0.1) is 23.2 Å². The van der Waals surface area contributed by atoms with Crippen LogP contribution in [0.2, 0.25) is 0 Å². The molecule has 3 nitrogen and oxygen atoms in total. The number of rotatable bonds is 5. The Bertz CT molecular complexity index is 837. The normalized spacial score (nSPS) is 31.0. The summed E-state index contributed by atoms with van der Waals surface area (Å²) < 4.78 is 0. The van der Waals surface area contributed by atoms with Crippen LogP contribution in [-0.2, 0) is 6.42 Å². The number of nitrogens with one attached hydrogen (secondary N) is 1. The predicted molar refractivity (Wildman–Crippen MR) is 107 cm³/mol. The zero-order valence-electron chi connectivity index (χ0n) is 15.7. The van der Waals surface area contributed by atoms with E-state index in [1.807, 2.05) is 18.2 Å². The Morgan fingerprint density at radius 3 is 2.30 bits per heavy atom. The summed E-state index contributed by atoms with van der Waals surface area (Å²) >= 11 is 0. The first kappa shape index (κ1) is 16.9. The van der Waals surface area contributed by atoms with Crippen molar-refractivity contribution in [3.8, 4) is 0 Å². The number of para-hydroxylation sites is 1. The lowest BCUT2D eigenvalue weighted by molar-refractivity contribution is -0.0521. The summed E-state index contributed by atoms with van der Waals surface area (Å²) in [6.45, 7) is 0. The number of hydrogen-bond acceptors (Lipinski definition) is 2. The Hall–Kier alpha value is -2.29. The molecule has 4 fully saturated rings. The van der Waals surface area contributed by atoms with Crippen LogP contribution in [0.3, 0.4) is 0 Å². The van der Waals surface area contributed by atoms with Gasteiger partial charge in [-0.1, -0.05) is 24.3 Å². The lowest BCUT2D eigenvalue weighted by Crippen LogP contribution is -2.47. The number of carbonyl (C=O) groups is 1. The molecule has 4 aliphatic carbocycles. The Morgan fingerprint density at radius 1 is 0.963 bits per heavy atom. The fourth-order valence-corrected chi connectivity index (χ4v) is 6.63. The van der Waals surface area contributed by atoms with Crippen LogP contribution < -0.4 is 5.32 Å². The van der Waals surface area contributed by atoms with E-state index >= 15 is 0 Å². The van der Waals surface area contributed by atoms with Gasteiger partial charge in [-0.25, -0.2) is 4.79 Å². The maximum absolute atomic E-state index is 11.5. The van der Waals surface area contributed by atoms with E-state index in [2.05, 4.69) is 23.5 Å². The maximum atomic E-state index is 11.5. The number of aromatic carboxylic acids is 1. The second-order valence-corrected chi connectivity index (χ2v) is 9.27. The van der Waals surface area contributed by atoms with Gasteiger partial charge in [0.25, 0.3) is 0 Å². The molecule has 3 heteroatoms. The largest absolute Gasteiger partial charge is 0.478 e. The number of hydrogen-bond donors (Lipinski definition) is 2. The predicted octanol–water partition coefficient (Wildman–Crippen LogP) is 5.89. The Labute approximate surface area is 160 Å². The second-order valence-electron chi connectivity index (χ2n) is 9.27. The summed E-state index contributed by atoms with van der Waals surface area (Å²) in [5, 5.41) is 12.7. The van der Waals surface area contributed by atoms with Crippen LogP contribution >= 0.6 is 0 Å². The van der Waals surface area contributed by atoms with Crippen LogP contribution in [0.4, 0.5) is 11.4 Å². The number of anilines is 2. The third kappa shape index (κ3) is 3.24. The first-order valence-corrected chi connectivity index (χ1v) is 10.3. The summed E-state index contributed by atoms with van der Waals surface area (Å²) in [6, 6.07) is 15.7. The van der Waals surface area contributed by atoms with Crippen molar-refractivity contribution in [1.29, 1.82) is 0 Å². The molecule has 0 amide bonds. The van der Waals surface area contributed by atoms with Gasteiger partial charge in [0, 0.05) is 5.69 Å². The molecule has 0 atom stereocenters. The number of carboxylic acids is 1. The van der Waals surface area contributed by atoms with Gasteiger partial charge in [0.2, 0.25) is 0 Å². The van der Waals surface area contributed by atoms with Gasteiger partial charge in [-0.05, 0) is 97.9 Å². The average molecular weight is 361 g/mol. The van der Waals surface area contributed by atoms with Gasteiger partial charge in [-0.2, -0.15) is 0 Å². The highest BCUT2D eigenvalue weighted by atomic mass is 16.4. The van der Waals surface area contributed by atoms with Crippen molar-refractivity contribution >= 4 is 17.3 Å². The molecule has 0 aromatic heterocycles. The van der Waals surface area contributed by atoms with E-state index < -0.39 is 5.97 Å². The maximum Gasteiger partial charge on any atom is 0.337 e. The molecule has 4 bridgehead atoms. The van der Waals surface area contributed by atoms with Crippen LogP contribution in [0.5, 0.6) is 0 Å². The summed E-state index contributed by atoms with van der Waals surface area (Å²) in [5.74, 6) is 2.02. The van der Waals surface area contributed by atoms with Gasteiger partial charge >= 0.3 is 5.97 Å². The minimum atomic E-state index is -0.900. The minimum Gasteiger partial charge on any atom is -0.478 e. The molecule has 0 radical (unpaired) electrons. The topological polar surface area (TPSA) is 49.3 Å². The molecule has 0 heterocycles. The van der Waals surface area contributed by atoms with Gasteiger partial charge in [0.05, 0.1) is 11.3 Å². The fraction of sp³-hybridized carbons (Fsp3) is 0.458. The molecule has 6 rings (SSSR count). The van der Waals surface area contributed by atoms with Gasteiger partial charge in [-0.15, -0.1) is 0 Å². The average Bonchev–Trinajstić information content (AvgIpc) is 2.60. The Morgan fingerprint density at radius 2 is 1.63 bits per heavy atom. The molecule has 0 unspecified atom stereocenters. The van der Waals surface area contributed by atoms with Crippen LogP contribution in [-0.4, -0.2) is 11.1 Å². The molecule has 0 saturated heterocycles. The van der Waals surface area contributed by atoms with Crippen molar-refractivity contribution in [3.63, 3.8) is 0 Å². The molecule has 2 N–H and O–H groups in total. The molecule has 2 aromatic carbocycles. The second kappa shape index (κ2) is 6.40.